The lowest BCUT2D eigenvalue weighted by molar-refractivity contribution is 0.212. The van der Waals surface area contributed by atoms with Crippen LogP contribution in [-0.2, 0) is 0 Å². The highest BCUT2D eigenvalue weighted by Crippen LogP contribution is 2.43. The molecule has 0 aliphatic carbocycles. The van der Waals surface area contributed by atoms with Gasteiger partial charge in [0.25, 0.3) is 0 Å². The van der Waals surface area contributed by atoms with Gasteiger partial charge >= 0.3 is 0 Å². The molecule has 1 aromatic carbocycles. The molecule has 2 rings (SSSR count). The Morgan fingerprint density at radius 1 is 1.00 bits per heavy atom. The molecule has 0 amide bonds. The molecule has 1 heterocycles. The van der Waals surface area contributed by atoms with E-state index in [-0.39, 0.29) is 0 Å². The minimum atomic E-state index is -0.791. The number of aliphatic hydroxyl groups is 1. The number of H-pyrrole nitrogens is 1. The van der Waals surface area contributed by atoms with E-state index in [1.165, 1.54) is 14.2 Å². The zero-order valence-electron chi connectivity index (χ0n) is 11.1. The van der Waals surface area contributed by atoms with Crippen molar-refractivity contribution >= 4 is 0 Å². The van der Waals surface area contributed by atoms with Crippen LogP contribution >= 0.6 is 0 Å². The molecular weight excluding hydrogens is 246 g/mol. The van der Waals surface area contributed by atoms with Crippen molar-refractivity contribution in [2.45, 2.75) is 6.10 Å². The van der Waals surface area contributed by atoms with E-state index in [9.17, 15) is 5.11 Å². The maximum Gasteiger partial charge on any atom is 0.203 e. The van der Waals surface area contributed by atoms with Gasteiger partial charge < -0.3 is 24.3 Å². The monoisotopic (exact) mass is 263 g/mol. The van der Waals surface area contributed by atoms with Gasteiger partial charge in [-0.25, -0.2) is 0 Å². The van der Waals surface area contributed by atoms with Gasteiger partial charge in [-0.3, -0.25) is 0 Å². The molecule has 0 radical (unpaired) electrons. The molecule has 0 spiro atoms. The molecule has 5 nitrogen and oxygen atoms in total. The van der Waals surface area contributed by atoms with Gasteiger partial charge in [0.1, 0.15) is 6.10 Å². The molecular formula is C14H17NO4. The predicted octanol–water partition coefficient (Wildman–Crippen LogP) is 2.12. The number of benzene rings is 1. The molecule has 1 unspecified atom stereocenters. The number of aliphatic hydroxyl groups excluding tert-OH is 1. The zero-order valence-corrected chi connectivity index (χ0v) is 11.1. The number of rotatable bonds is 5. The van der Waals surface area contributed by atoms with Crippen molar-refractivity contribution < 1.29 is 19.3 Å². The Balaban J connectivity index is 2.51. The van der Waals surface area contributed by atoms with E-state index >= 15 is 0 Å². The molecule has 0 bridgehead atoms. The van der Waals surface area contributed by atoms with Gasteiger partial charge in [-0.05, 0) is 18.2 Å². The molecule has 0 fully saturated rings. The molecule has 19 heavy (non-hydrogen) atoms. The lowest BCUT2D eigenvalue weighted by Crippen LogP contribution is -2.04. The van der Waals surface area contributed by atoms with E-state index in [0.29, 0.717) is 22.8 Å². The van der Waals surface area contributed by atoms with Gasteiger partial charge in [0.15, 0.2) is 11.5 Å². The molecule has 0 saturated heterocycles. The van der Waals surface area contributed by atoms with Crippen molar-refractivity contribution in [2.75, 3.05) is 21.3 Å². The smallest absolute Gasteiger partial charge is 0.203 e. The minimum Gasteiger partial charge on any atom is -0.493 e. The van der Waals surface area contributed by atoms with Crippen molar-refractivity contribution in [3.8, 4) is 17.2 Å². The topological polar surface area (TPSA) is 63.7 Å². The summed E-state index contributed by atoms with van der Waals surface area (Å²) >= 11 is 0. The predicted molar refractivity (Wildman–Crippen MR) is 71.0 cm³/mol. The molecule has 2 aromatic rings. The fraction of sp³-hybridized carbons (Fsp3) is 0.286. The van der Waals surface area contributed by atoms with E-state index in [2.05, 4.69) is 4.98 Å². The average molecular weight is 263 g/mol. The van der Waals surface area contributed by atoms with E-state index in [1.54, 1.807) is 37.7 Å². The SMILES string of the molecule is COc1ccc(C(O)c2cc[nH]c2)c(OC)c1OC. The third-order valence-electron chi connectivity index (χ3n) is 2.97. The third kappa shape index (κ3) is 2.37. The van der Waals surface area contributed by atoms with Gasteiger partial charge in [-0.2, -0.15) is 0 Å². The minimum absolute atomic E-state index is 0.468. The molecule has 5 heteroatoms. The summed E-state index contributed by atoms with van der Waals surface area (Å²) in [5.74, 6) is 1.50. The maximum absolute atomic E-state index is 10.4. The summed E-state index contributed by atoms with van der Waals surface area (Å²) in [6.45, 7) is 0. The van der Waals surface area contributed by atoms with Crippen LogP contribution in [0.2, 0.25) is 0 Å². The second-order valence-electron chi connectivity index (χ2n) is 3.97. The first kappa shape index (κ1) is 13.3. The molecule has 0 aliphatic rings. The largest absolute Gasteiger partial charge is 0.493 e. The Bertz CT molecular complexity index is 537. The standard InChI is InChI=1S/C14H17NO4/c1-17-11-5-4-10(13(18-2)14(11)19-3)12(16)9-6-7-15-8-9/h4-8,12,15-16H,1-3H3. The van der Waals surface area contributed by atoms with E-state index in [1.807, 2.05) is 0 Å². The molecule has 0 saturated carbocycles. The van der Waals surface area contributed by atoms with Gasteiger partial charge in [0.05, 0.1) is 21.3 Å². The second kappa shape index (κ2) is 5.67. The summed E-state index contributed by atoms with van der Waals surface area (Å²) in [7, 11) is 4.62. The van der Waals surface area contributed by atoms with Crippen molar-refractivity contribution in [3.05, 3.63) is 41.7 Å². The molecule has 1 aromatic heterocycles. The first-order valence-electron chi connectivity index (χ1n) is 5.82. The Morgan fingerprint density at radius 3 is 2.26 bits per heavy atom. The van der Waals surface area contributed by atoms with Crippen molar-refractivity contribution in [3.63, 3.8) is 0 Å². The average Bonchev–Trinajstić information content (AvgIpc) is 2.98. The van der Waals surface area contributed by atoms with Crippen LogP contribution in [0.15, 0.2) is 30.6 Å². The van der Waals surface area contributed by atoms with Gasteiger partial charge in [0.2, 0.25) is 5.75 Å². The van der Waals surface area contributed by atoms with Crippen LogP contribution in [0.25, 0.3) is 0 Å². The fourth-order valence-corrected chi connectivity index (χ4v) is 2.03. The van der Waals surface area contributed by atoms with Crippen molar-refractivity contribution in [1.29, 1.82) is 0 Å². The number of hydrogen-bond acceptors (Lipinski definition) is 4. The Kier molecular flexibility index (Phi) is 3.97. The lowest BCUT2D eigenvalue weighted by Gasteiger charge is -2.18. The van der Waals surface area contributed by atoms with Crippen LogP contribution in [0.5, 0.6) is 17.2 Å². The molecule has 102 valence electrons. The summed E-state index contributed by atoms with van der Waals surface area (Å²) in [6, 6.07) is 5.31. The zero-order chi connectivity index (χ0) is 13.8. The number of aromatic amines is 1. The van der Waals surface area contributed by atoms with E-state index in [0.717, 1.165) is 5.56 Å². The number of ether oxygens (including phenoxy) is 3. The van der Waals surface area contributed by atoms with E-state index < -0.39 is 6.10 Å². The normalized spacial score (nSPS) is 12.0. The first-order chi connectivity index (χ1) is 9.22. The second-order valence-corrected chi connectivity index (χ2v) is 3.97. The highest BCUT2D eigenvalue weighted by molar-refractivity contribution is 5.57. The summed E-state index contributed by atoms with van der Waals surface area (Å²) < 4.78 is 15.9. The fourth-order valence-electron chi connectivity index (χ4n) is 2.03. The number of nitrogens with one attached hydrogen (secondary N) is 1. The Labute approximate surface area is 111 Å². The molecule has 1 atom stereocenters. The number of hydrogen-bond donors (Lipinski definition) is 2. The maximum atomic E-state index is 10.4. The van der Waals surface area contributed by atoms with Crippen molar-refractivity contribution in [1.82, 2.24) is 4.98 Å². The van der Waals surface area contributed by atoms with E-state index in [4.69, 9.17) is 14.2 Å². The quantitative estimate of drug-likeness (QED) is 0.867. The first-order valence-corrected chi connectivity index (χ1v) is 5.82. The van der Waals surface area contributed by atoms with Crippen LogP contribution in [0, 0.1) is 0 Å². The summed E-state index contributed by atoms with van der Waals surface area (Å²) in [6.07, 6.45) is 2.70. The summed E-state index contributed by atoms with van der Waals surface area (Å²) in [5.41, 5.74) is 1.38. The third-order valence-corrected chi connectivity index (χ3v) is 2.97. The van der Waals surface area contributed by atoms with Gasteiger partial charge in [0, 0.05) is 23.5 Å². The van der Waals surface area contributed by atoms with Crippen LogP contribution < -0.4 is 14.2 Å². The van der Waals surface area contributed by atoms with Gasteiger partial charge in [-0.1, -0.05) is 0 Å². The highest BCUT2D eigenvalue weighted by Gasteiger charge is 2.22. The Morgan fingerprint density at radius 2 is 1.74 bits per heavy atom. The van der Waals surface area contributed by atoms with Crippen LogP contribution in [-0.4, -0.2) is 31.4 Å². The van der Waals surface area contributed by atoms with Crippen LogP contribution in [0.1, 0.15) is 17.2 Å². The van der Waals surface area contributed by atoms with Gasteiger partial charge in [-0.15, -0.1) is 0 Å². The molecule has 2 N–H and O–H groups in total. The number of methoxy groups -OCH3 is 3. The van der Waals surface area contributed by atoms with Crippen LogP contribution in [0.3, 0.4) is 0 Å². The molecule has 0 aliphatic heterocycles. The summed E-state index contributed by atoms with van der Waals surface area (Å²) in [4.78, 5) is 2.91. The highest BCUT2D eigenvalue weighted by atomic mass is 16.5. The number of aromatic nitrogens is 1. The lowest BCUT2D eigenvalue weighted by atomic mass is 10.0. The van der Waals surface area contributed by atoms with Crippen molar-refractivity contribution in [2.24, 2.45) is 0 Å². The summed E-state index contributed by atoms with van der Waals surface area (Å²) in [5, 5.41) is 10.4. The Hall–Kier alpha value is -2.14. The van der Waals surface area contributed by atoms with Crippen LogP contribution in [0.4, 0.5) is 0 Å².